The van der Waals surface area contributed by atoms with Crippen molar-refractivity contribution in [1.29, 1.82) is 0 Å². The van der Waals surface area contributed by atoms with Gasteiger partial charge in [-0.05, 0) is 5.41 Å². The molecule has 1 aliphatic rings. The predicted octanol–water partition coefficient (Wildman–Crippen LogP) is -1.13. The second-order valence-corrected chi connectivity index (χ2v) is 5.12. The summed E-state index contributed by atoms with van der Waals surface area (Å²) >= 11 is 0. The lowest BCUT2D eigenvalue weighted by Gasteiger charge is -2.29. The zero-order valence-electron chi connectivity index (χ0n) is 9.29. The molecule has 1 rings (SSSR count). The minimum absolute atomic E-state index is 0.329. The highest BCUT2D eigenvalue weighted by atomic mass is 16.6. The smallest absolute Gasteiger partial charge is 0.115 e. The van der Waals surface area contributed by atoms with Gasteiger partial charge >= 0.3 is 0 Å². The number of aliphatic hydroxyl groups is 4. The second kappa shape index (κ2) is 4.35. The van der Waals surface area contributed by atoms with Crippen LogP contribution >= 0.6 is 0 Å². The monoisotopic (exact) mass is 220 g/mol. The first-order valence-corrected chi connectivity index (χ1v) is 5.09. The summed E-state index contributed by atoms with van der Waals surface area (Å²) < 4.78 is 5.39. The molecule has 0 aromatic heterocycles. The number of aliphatic hydroxyl groups excluding tert-OH is 4. The predicted molar refractivity (Wildman–Crippen MR) is 53.2 cm³/mol. The number of rotatable bonds is 2. The van der Waals surface area contributed by atoms with Crippen molar-refractivity contribution in [3.05, 3.63) is 0 Å². The Morgan fingerprint density at radius 2 is 1.73 bits per heavy atom. The van der Waals surface area contributed by atoms with Crippen molar-refractivity contribution >= 4 is 0 Å². The van der Waals surface area contributed by atoms with E-state index >= 15 is 0 Å². The van der Waals surface area contributed by atoms with E-state index in [4.69, 9.17) is 9.84 Å². The van der Waals surface area contributed by atoms with Crippen LogP contribution in [0.3, 0.4) is 0 Å². The highest BCUT2D eigenvalue weighted by Gasteiger charge is 2.49. The van der Waals surface area contributed by atoms with E-state index in [0.717, 1.165) is 0 Å². The van der Waals surface area contributed by atoms with Crippen molar-refractivity contribution in [2.45, 2.75) is 51.3 Å². The summed E-state index contributed by atoms with van der Waals surface area (Å²) in [5.41, 5.74) is -0.329. The molecule has 0 bridgehead atoms. The van der Waals surface area contributed by atoms with Crippen LogP contribution in [0.4, 0.5) is 0 Å². The summed E-state index contributed by atoms with van der Waals surface area (Å²) in [5, 5.41) is 37.5. The van der Waals surface area contributed by atoms with E-state index in [9.17, 15) is 15.3 Å². The van der Waals surface area contributed by atoms with Crippen molar-refractivity contribution < 1.29 is 25.2 Å². The Kier molecular flexibility index (Phi) is 3.73. The van der Waals surface area contributed by atoms with Crippen molar-refractivity contribution in [2.75, 3.05) is 6.61 Å². The Hall–Kier alpha value is -0.200. The van der Waals surface area contributed by atoms with Gasteiger partial charge in [0.25, 0.3) is 0 Å². The minimum atomic E-state index is -1.16. The molecule has 1 saturated heterocycles. The normalized spacial score (nSPS) is 39.4. The van der Waals surface area contributed by atoms with Crippen LogP contribution in [-0.4, -0.2) is 57.6 Å². The zero-order chi connectivity index (χ0) is 11.8. The maximum atomic E-state index is 9.74. The molecule has 15 heavy (non-hydrogen) atoms. The molecule has 0 amide bonds. The van der Waals surface area contributed by atoms with Gasteiger partial charge in [0.1, 0.15) is 24.4 Å². The van der Waals surface area contributed by atoms with Crippen LogP contribution in [-0.2, 0) is 4.74 Å². The lowest BCUT2D eigenvalue weighted by molar-refractivity contribution is -0.101. The maximum Gasteiger partial charge on any atom is 0.115 e. The van der Waals surface area contributed by atoms with E-state index < -0.39 is 37.1 Å². The quantitative estimate of drug-likeness (QED) is 0.473. The maximum absolute atomic E-state index is 9.74. The summed E-state index contributed by atoms with van der Waals surface area (Å²) in [5.74, 6) is 0. The average Bonchev–Trinajstić information content (AvgIpc) is 2.42. The van der Waals surface area contributed by atoms with Gasteiger partial charge in [0, 0.05) is 0 Å². The van der Waals surface area contributed by atoms with Gasteiger partial charge in [0.2, 0.25) is 0 Å². The fourth-order valence-electron chi connectivity index (χ4n) is 1.84. The highest BCUT2D eigenvalue weighted by Crippen LogP contribution is 2.34. The Labute approximate surface area is 89.3 Å². The fourth-order valence-corrected chi connectivity index (χ4v) is 1.84. The molecule has 0 aromatic rings. The van der Waals surface area contributed by atoms with E-state index in [1.165, 1.54) is 0 Å². The Bertz CT molecular complexity index is 212. The molecule has 0 aromatic carbocycles. The first-order chi connectivity index (χ1) is 6.79. The molecule has 0 spiro atoms. The molecular formula is C10H20O5. The molecule has 0 aliphatic carbocycles. The van der Waals surface area contributed by atoms with Crippen LogP contribution in [0.2, 0.25) is 0 Å². The molecule has 1 heterocycles. The largest absolute Gasteiger partial charge is 0.394 e. The molecule has 90 valence electrons. The van der Waals surface area contributed by atoms with E-state index in [0.29, 0.717) is 0 Å². The van der Waals surface area contributed by atoms with Gasteiger partial charge < -0.3 is 25.2 Å². The van der Waals surface area contributed by atoms with E-state index in [1.54, 1.807) is 0 Å². The molecule has 5 nitrogen and oxygen atoms in total. The second-order valence-electron chi connectivity index (χ2n) is 5.12. The summed E-state index contributed by atoms with van der Waals surface area (Å²) in [6, 6.07) is 0. The molecule has 1 fully saturated rings. The number of hydrogen-bond acceptors (Lipinski definition) is 5. The van der Waals surface area contributed by atoms with Crippen molar-refractivity contribution in [1.82, 2.24) is 0 Å². The minimum Gasteiger partial charge on any atom is -0.394 e. The standard InChI is InChI=1S/C10H20O5/c1-10(2,3)9-7(14)6(13)8(15-9)5(12)4-11/h5-9,11-14H,4H2,1-3H3/t5-,6+,7?,8-,9-/m1/s1. The van der Waals surface area contributed by atoms with E-state index in [2.05, 4.69) is 0 Å². The van der Waals surface area contributed by atoms with E-state index in [1.807, 2.05) is 20.8 Å². The summed E-state index contributed by atoms with van der Waals surface area (Å²) in [6.45, 7) is 5.13. The molecule has 1 unspecified atom stereocenters. The van der Waals surface area contributed by atoms with Crippen LogP contribution in [0, 0.1) is 5.41 Å². The van der Waals surface area contributed by atoms with Gasteiger partial charge in [-0.1, -0.05) is 20.8 Å². The van der Waals surface area contributed by atoms with Crippen molar-refractivity contribution in [2.24, 2.45) is 5.41 Å². The molecule has 0 saturated carbocycles. The number of ether oxygens (including phenoxy) is 1. The van der Waals surface area contributed by atoms with Gasteiger partial charge in [-0.2, -0.15) is 0 Å². The van der Waals surface area contributed by atoms with Crippen LogP contribution in [0.5, 0.6) is 0 Å². The Balaban J connectivity index is 2.76. The fraction of sp³-hybridized carbons (Fsp3) is 1.00. The van der Waals surface area contributed by atoms with Gasteiger partial charge in [0.05, 0.1) is 12.7 Å². The summed E-state index contributed by atoms with van der Waals surface area (Å²) in [6.07, 6.45) is -4.82. The third kappa shape index (κ3) is 2.49. The Morgan fingerprint density at radius 1 is 1.20 bits per heavy atom. The Morgan fingerprint density at radius 3 is 2.07 bits per heavy atom. The van der Waals surface area contributed by atoms with Gasteiger partial charge in [-0.3, -0.25) is 0 Å². The lowest BCUT2D eigenvalue weighted by Crippen LogP contribution is -2.41. The van der Waals surface area contributed by atoms with Crippen molar-refractivity contribution in [3.8, 4) is 0 Å². The zero-order valence-corrected chi connectivity index (χ0v) is 9.29. The third-order valence-electron chi connectivity index (χ3n) is 2.72. The van der Waals surface area contributed by atoms with Gasteiger partial charge in [-0.15, -0.1) is 0 Å². The summed E-state index contributed by atoms with van der Waals surface area (Å²) in [7, 11) is 0. The molecule has 4 N–H and O–H groups in total. The van der Waals surface area contributed by atoms with Crippen LogP contribution < -0.4 is 0 Å². The van der Waals surface area contributed by atoms with Gasteiger partial charge in [-0.25, -0.2) is 0 Å². The molecule has 5 heteroatoms. The van der Waals surface area contributed by atoms with Crippen LogP contribution in [0.15, 0.2) is 0 Å². The first kappa shape index (κ1) is 12.9. The molecule has 5 atom stereocenters. The SMILES string of the molecule is CC(C)(C)[C@@H]1O[C@H]([C@H](O)CO)[C@@H](O)C1O. The van der Waals surface area contributed by atoms with E-state index in [-0.39, 0.29) is 5.41 Å². The highest BCUT2D eigenvalue weighted by molar-refractivity contribution is 4.98. The van der Waals surface area contributed by atoms with Crippen molar-refractivity contribution in [3.63, 3.8) is 0 Å². The van der Waals surface area contributed by atoms with Gasteiger partial charge in [0.15, 0.2) is 0 Å². The lowest BCUT2D eigenvalue weighted by atomic mass is 9.85. The third-order valence-corrected chi connectivity index (χ3v) is 2.72. The first-order valence-electron chi connectivity index (χ1n) is 5.09. The number of hydrogen-bond donors (Lipinski definition) is 4. The molecule has 1 aliphatic heterocycles. The summed E-state index contributed by atoms with van der Waals surface area (Å²) in [4.78, 5) is 0. The molecular weight excluding hydrogens is 200 g/mol. The van der Waals surface area contributed by atoms with Crippen LogP contribution in [0.1, 0.15) is 20.8 Å². The topological polar surface area (TPSA) is 90.2 Å². The average molecular weight is 220 g/mol. The molecule has 0 radical (unpaired) electrons. The van der Waals surface area contributed by atoms with Crippen LogP contribution in [0.25, 0.3) is 0 Å².